The Balaban J connectivity index is 1.83. The number of hydrogen-bond acceptors (Lipinski definition) is 2. The number of anilines is 1. The molecule has 0 aromatic heterocycles. The van der Waals surface area contributed by atoms with Gasteiger partial charge >= 0.3 is 0 Å². The summed E-state index contributed by atoms with van der Waals surface area (Å²) in [6.45, 7) is 1.80. The van der Waals surface area contributed by atoms with Gasteiger partial charge in [-0.2, -0.15) is 0 Å². The van der Waals surface area contributed by atoms with Crippen LogP contribution in [0.2, 0.25) is 5.02 Å². The number of carbonyl (C=O) groups is 2. The van der Waals surface area contributed by atoms with Crippen LogP contribution < -0.4 is 10.6 Å². The highest BCUT2D eigenvalue weighted by molar-refractivity contribution is 6.30. The first kappa shape index (κ1) is 20.6. The predicted octanol–water partition coefficient (Wildman–Crippen LogP) is 5.16. The molecular weight excluding hydrogens is 434 g/mol. The Bertz CT molecular complexity index is 1280. The average Bonchev–Trinajstić information content (AvgIpc) is 3.02. The van der Waals surface area contributed by atoms with Crippen LogP contribution in [0.15, 0.2) is 60.7 Å². The minimum atomic E-state index is -1.32. The number of amides is 2. The van der Waals surface area contributed by atoms with E-state index >= 15 is 0 Å². The van der Waals surface area contributed by atoms with Crippen molar-refractivity contribution in [1.82, 2.24) is 5.32 Å². The monoisotopic (exact) mass is 452 g/mol. The Morgan fingerprint density at radius 2 is 1.75 bits per heavy atom. The molecule has 2 aliphatic rings. The van der Waals surface area contributed by atoms with Crippen molar-refractivity contribution in [2.75, 3.05) is 5.32 Å². The van der Waals surface area contributed by atoms with E-state index in [2.05, 4.69) is 10.6 Å². The van der Waals surface area contributed by atoms with Crippen molar-refractivity contribution in [3.05, 3.63) is 99.6 Å². The molecule has 2 amide bonds. The van der Waals surface area contributed by atoms with Gasteiger partial charge in [0.2, 0.25) is 11.8 Å². The van der Waals surface area contributed by atoms with Gasteiger partial charge < -0.3 is 10.6 Å². The van der Waals surface area contributed by atoms with E-state index in [1.54, 1.807) is 37.3 Å². The van der Waals surface area contributed by atoms with Crippen molar-refractivity contribution < 1.29 is 18.4 Å². The molecule has 3 aromatic carbocycles. The molecule has 2 aliphatic heterocycles. The minimum Gasteiger partial charge on any atom is -0.348 e. The molecule has 4 nitrogen and oxygen atoms in total. The summed E-state index contributed by atoms with van der Waals surface area (Å²) < 4.78 is 28.3. The molecule has 0 saturated carbocycles. The van der Waals surface area contributed by atoms with Crippen molar-refractivity contribution >= 4 is 29.1 Å². The lowest BCUT2D eigenvalue weighted by Gasteiger charge is -2.46. The maximum atomic E-state index is 14.3. The summed E-state index contributed by atoms with van der Waals surface area (Å²) in [5, 5.41) is 6.22. The van der Waals surface area contributed by atoms with E-state index in [0.717, 1.165) is 5.56 Å². The number of nitrogens with one attached hydrogen (secondary N) is 2. The zero-order valence-corrected chi connectivity index (χ0v) is 17.8. The minimum absolute atomic E-state index is 0.0233. The smallest absolute Gasteiger partial charge is 0.238 e. The third kappa shape index (κ3) is 3.01. The fourth-order valence-electron chi connectivity index (χ4n) is 5.19. The van der Waals surface area contributed by atoms with Gasteiger partial charge in [-0.05, 0) is 65.6 Å². The van der Waals surface area contributed by atoms with E-state index in [9.17, 15) is 18.4 Å². The summed E-state index contributed by atoms with van der Waals surface area (Å²) in [5.74, 6) is -2.21. The number of aryl methyl sites for hydroxylation is 1. The third-order valence-corrected chi connectivity index (χ3v) is 6.79. The lowest BCUT2D eigenvalue weighted by Crippen LogP contribution is -2.57. The first-order chi connectivity index (χ1) is 15.3. The Labute approximate surface area is 188 Å². The second-order valence-electron chi connectivity index (χ2n) is 8.33. The summed E-state index contributed by atoms with van der Waals surface area (Å²) in [6.07, 6.45) is 0.0233. The molecular formula is C25H19ClF2N2O2. The van der Waals surface area contributed by atoms with Crippen LogP contribution in [0.1, 0.15) is 40.6 Å². The molecule has 2 N–H and O–H groups in total. The van der Waals surface area contributed by atoms with Gasteiger partial charge in [-0.3, -0.25) is 9.59 Å². The highest BCUT2D eigenvalue weighted by atomic mass is 35.5. The number of piperidine rings is 1. The van der Waals surface area contributed by atoms with Gasteiger partial charge in [0.15, 0.2) is 0 Å². The molecule has 2 heterocycles. The topological polar surface area (TPSA) is 58.2 Å². The van der Waals surface area contributed by atoms with Gasteiger partial charge in [0, 0.05) is 23.0 Å². The molecule has 0 radical (unpaired) electrons. The molecule has 0 bridgehead atoms. The van der Waals surface area contributed by atoms with Crippen LogP contribution in [0.25, 0.3) is 0 Å². The van der Waals surface area contributed by atoms with Crippen LogP contribution in [0.5, 0.6) is 0 Å². The van der Waals surface area contributed by atoms with Crippen LogP contribution >= 0.6 is 11.6 Å². The molecule has 0 aliphatic carbocycles. The van der Waals surface area contributed by atoms with E-state index < -0.39 is 29.0 Å². The molecule has 5 rings (SSSR count). The molecule has 32 heavy (non-hydrogen) atoms. The zero-order valence-electron chi connectivity index (χ0n) is 17.1. The number of halogens is 3. The zero-order chi connectivity index (χ0) is 22.6. The van der Waals surface area contributed by atoms with Crippen molar-refractivity contribution in [1.29, 1.82) is 0 Å². The molecule has 3 aromatic rings. The van der Waals surface area contributed by atoms with Crippen molar-refractivity contribution in [3.8, 4) is 0 Å². The first-order valence-electron chi connectivity index (χ1n) is 10.2. The van der Waals surface area contributed by atoms with Gasteiger partial charge in [-0.15, -0.1) is 0 Å². The molecule has 7 heteroatoms. The number of carbonyl (C=O) groups excluding carboxylic acids is 2. The number of rotatable bonds is 2. The molecule has 3 atom stereocenters. The second kappa shape index (κ2) is 7.41. The van der Waals surface area contributed by atoms with Gasteiger partial charge in [-0.1, -0.05) is 35.9 Å². The van der Waals surface area contributed by atoms with E-state index in [-0.39, 0.29) is 18.2 Å². The van der Waals surface area contributed by atoms with Gasteiger partial charge in [0.25, 0.3) is 0 Å². The van der Waals surface area contributed by atoms with E-state index in [1.165, 1.54) is 24.3 Å². The number of hydrogen-bond donors (Lipinski definition) is 2. The van der Waals surface area contributed by atoms with E-state index in [1.807, 2.05) is 6.07 Å². The second-order valence-corrected chi connectivity index (χ2v) is 8.76. The Morgan fingerprint density at radius 1 is 1.00 bits per heavy atom. The summed E-state index contributed by atoms with van der Waals surface area (Å²) in [4.78, 5) is 26.7. The van der Waals surface area contributed by atoms with Crippen LogP contribution in [-0.4, -0.2) is 11.8 Å². The Kier molecular flexibility index (Phi) is 4.78. The predicted molar refractivity (Wildman–Crippen MR) is 118 cm³/mol. The first-order valence-corrected chi connectivity index (χ1v) is 10.6. The number of benzene rings is 3. The maximum absolute atomic E-state index is 14.3. The van der Waals surface area contributed by atoms with E-state index in [0.29, 0.717) is 27.4 Å². The molecule has 1 fully saturated rings. The maximum Gasteiger partial charge on any atom is 0.238 e. The standard InChI is InChI=1S/C25H19ClF2N2O2/c1-13-5-6-16(27)10-18(13)23-25(19-8-7-17(28)11-21(19)29-24(25)32)20(12-22(31)30-23)14-3-2-4-15(26)9-14/h2-11,20,23H,12H2,1H3,(H,29,32)(H,30,31)/t20-,23+,25-/m0/s1. The highest BCUT2D eigenvalue weighted by Crippen LogP contribution is 2.57. The Morgan fingerprint density at radius 3 is 2.53 bits per heavy atom. The average molecular weight is 453 g/mol. The van der Waals surface area contributed by atoms with Crippen LogP contribution in [0.4, 0.5) is 14.5 Å². The van der Waals surface area contributed by atoms with Gasteiger partial charge in [-0.25, -0.2) is 8.78 Å². The normalized spacial score (nSPS) is 24.2. The summed E-state index contributed by atoms with van der Waals surface area (Å²) in [6, 6.07) is 14.6. The van der Waals surface area contributed by atoms with Crippen LogP contribution in [0, 0.1) is 18.6 Å². The lowest BCUT2D eigenvalue weighted by atomic mass is 9.59. The van der Waals surface area contributed by atoms with E-state index in [4.69, 9.17) is 11.6 Å². The molecule has 162 valence electrons. The summed E-state index contributed by atoms with van der Waals surface area (Å²) >= 11 is 6.25. The summed E-state index contributed by atoms with van der Waals surface area (Å²) in [5.41, 5.74) is 1.52. The third-order valence-electron chi connectivity index (χ3n) is 6.55. The number of fused-ring (bicyclic) bond motifs is 2. The van der Waals surface area contributed by atoms with Crippen molar-refractivity contribution in [2.24, 2.45) is 0 Å². The molecule has 0 unspecified atom stereocenters. The van der Waals surface area contributed by atoms with Gasteiger partial charge in [0.1, 0.15) is 17.0 Å². The SMILES string of the molecule is Cc1ccc(F)cc1[C@H]1NC(=O)C[C@@H](c2cccc(Cl)c2)[C@]12C(=O)Nc1cc(F)ccc12. The van der Waals surface area contributed by atoms with Crippen LogP contribution in [0.3, 0.4) is 0 Å². The van der Waals surface area contributed by atoms with Crippen LogP contribution in [-0.2, 0) is 15.0 Å². The summed E-state index contributed by atoms with van der Waals surface area (Å²) in [7, 11) is 0. The fourth-order valence-corrected chi connectivity index (χ4v) is 5.39. The molecule has 1 spiro atoms. The largest absolute Gasteiger partial charge is 0.348 e. The Hall–Kier alpha value is -3.25. The van der Waals surface area contributed by atoms with Crippen molar-refractivity contribution in [2.45, 2.75) is 30.7 Å². The molecule has 1 saturated heterocycles. The van der Waals surface area contributed by atoms with Gasteiger partial charge in [0.05, 0.1) is 6.04 Å². The van der Waals surface area contributed by atoms with Crippen molar-refractivity contribution in [3.63, 3.8) is 0 Å². The fraction of sp³-hybridized carbons (Fsp3) is 0.200. The quantitative estimate of drug-likeness (QED) is 0.564. The lowest BCUT2D eigenvalue weighted by molar-refractivity contribution is -0.131. The highest BCUT2D eigenvalue weighted by Gasteiger charge is 2.61.